The van der Waals surface area contributed by atoms with E-state index >= 15 is 0 Å². The van der Waals surface area contributed by atoms with Crippen LogP contribution in [0.25, 0.3) is 0 Å². The van der Waals surface area contributed by atoms with Crippen molar-refractivity contribution in [2.24, 2.45) is 0 Å². The van der Waals surface area contributed by atoms with Gasteiger partial charge in [0.1, 0.15) is 6.61 Å². The predicted octanol–water partition coefficient (Wildman–Crippen LogP) is 1.71. The summed E-state index contributed by atoms with van der Waals surface area (Å²) in [6, 6.07) is 5.95. The minimum Gasteiger partial charge on any atom is -0.490 e. The van der Waals surface area contributed by atoms with Gasteiger partial charge in [0, 0.05) is 26.2 Å². The minimum atomic E-state index is -0.308. The zero-order valence-corrected chi connectivity index (χ0v) is 13.6. The lowest BCUT2D eigenvalue weighted by atomic mass is 10.2. The molecule has 0 heterocycles. The van der Waals surface area contributed by atoms with Gasteiger partial charge in [0.05, 0.1) is 12.7 Å². The van der Waals surface area contributed by atoms with E-state index < -0.39 is 0 Å². The summed E-state index contributed by atoms with van der Waals surface area (Å²) in [5.41, 5.74) is 1.14. The highest BCUT2D eigenvalue weighted by atomic mass is 16.5. The fourth-order valence-electron chi connectivity index (χ4n) is 1.92. The Labute approximate surface area is 133 Å². The van der Waals surface area contributed by atoms with E-state index in [1.807, 2.05) is 25.1 Å². The molecule has 0 aliphatic rings. The van der Waals surface area contributed by atoms with Crippen molar-refractivity contribution < 1.29 is 14.6 Å². The van der Waals surface area contributed by atoms with E-state index in [4.69, 9.17) is 14.6 Å². The van der Waals surface area contributed by atoms with Crippen molar-refractivity contribution in [3.63, 3.8) is 0 Å². The Balaban J connectivity index is 2.42. The first-order valence-electron chi connectivity index (χ1n) is 7.76. The summed E-state index contributed by atoms with van der Waals surface area (Å²) in [7, 11) is 0. The van der Waals surface area contributed by atoms with E-state index in [9.17, 15) is 0 Å². The van der Waals surface area contributed by atoms with Crippen LogP contribution in [-0.4, -0.2) is 44.1 Å². The summed E-state index contributed by atoms with van der Waals surface area (Å²) < 4.78 is 11.2. The van der Waals surface area contributed by atoms with Gasteiger partial charge in [-0.25, -0.2) is 0 Å². The molecule has 3 N–H and O–H groups in total. The Bertz CT molecular complexity index is 436. The first-order chi connectivity index (χ1) is 10.7. The minimum absolute atomic E-state index is 0.308. The molecular weight excluding hydrogens is 280 g/mol. The molecule has 0 radical (unpaired) electrons. The number of aliphatic hydroxyl groups excluding tert-OH is 1. The Morgan fingerprint density at radius 3 is 2.68 bits per heavy atom. The normalized spacial score (nSPS) is 12.0. The molecule has 0 amide bonds. The van der Waals surface area contributed by atoms with Crippen LogP contribution >= 0.6 is 0 Å². The van der Waals surface area contributed by atoms with Gasteiger partial charge in [-0.05, 0) is 31.5 Å². The van der Waals surface area contributed by atoms with Gasteiger partial charge in [-0.15, -0.1) is 0 Å². The quantitative estimate of drug-likeness (QED) is 0.405. The van der Waals surface area contributed by atoms with E-state index in [-0.39, 0.29) is 6.10 Å². The monoisotopic (exact) mass is 308 g/mol. The van der Waals surface area contributed by atoms with Gasteiger partial charge in [-0.1, -0.05) is 18.7 Å². The number of rotatable bonds is 12. The molecule has 0 fully saturated rings. The Morgan fingerprint density at radius 2 is 2.00 bits per heavy atom. The Kier molecular flexibility index (Phi) is 9.30. The third-order valence-corrected chi connectivity index (χ3v) is 2.91. The van der Waals surface area contributed by atoms with E-state index in [1.54, 1.807) is 13.0 Å². The fraction of sp³-hybridized carbons (Fsp3) is 0.529. The van der Waals surface area contributed by atoms with Gasteiger partial charge in [-0.2, -0.15) is 0 Å². The van der Waals surface area contributed by atoms with Gasteiger partial charge in [0.15, 0.2) is 11.5 Å². The molecule has 0 spiro atoms. The highest BCUT2D eigenvalue weighted by Gasteiger charge is 2.06. The lowest BCUT2D eigenvalue weighted by molar-refractivity contribution is 0.191. The Hall–Kier alpha value is -1.56. The summed E-state index contributed by atoms with van der Waals surface area (Å²) in [6.45, 7) is 11.5. The fourth-order valence-corrected chi connectivity index (χ4v) is 1.92. The SMILES string of the molecule is C=CCOc1ccc(CNCCNC[C@H](C)O)cc1OCC. The molecule has 1 aromatic rings. The summed E-state index contributed by atoms with van der Waals surface area (Å²) in [4.78, 5) is 0. The topological polar surface area (TPSA) is 62.8 Å². The third-order valence-electron chi connectivity index (χ3n) is 2.91. The largest absolute Gasteiger partial charge is 0.490 e. The van der Waals surface area contributed by atoms with Crippen LogP contribution in [0, 0.1) is 0 Å². The smallest absolute Gasteiger partial charge is 0.161 e. The maximum absolute atomic E-state index is 9.14. The zero-order chi connectivity index (χ0) is 16.2. The number of hydrogen-bond acceptors (Lipinski definition) is 5. The average Bonchev–Trinajstić information content (AvgIpc) is 2.50. The van der Waals surface area contributed by atoms with Crippen molar-refractivity contribution >= 4 is 0 Å². The van der Waals surface area contributed by atoms with Gasteiger partial charge in [-0.3, -0.25) is 0 Å². The van der Waals surface area contributed by atoms with Crippen LogP contribution in [0.1, 0.15) is 19.4 Å². The van der Waals surface area contributed by atoms with E-state index in [2.05, 4.69) is 17.2 Å². The summed E-state index contributed by atoms with van der Waals surface area (Å²) >= 11 is 0. The number of benzene rings is 1. The van der Waals surface area contributed by atoms with Crippen molar-refractivity contribution in [2.45, 2.75) is 26.5 Å². The molecule has 1 atom stereocenters. The van der Waals surface area contributed by atoms with Crippen LogP contribution < -0.4 is 20.1 Å². The number of aliphatic hydroxyl groups is 1. The molecule has 1 aromatic carbocycles. The van der Waals surface area contributed by atoms with E-state index in [1.165, 1.54) is 0 Å². The predicted molar refractivity (Wildman–Crippen MR) is 89.6 cm³/mol. The molecule has 0 aliphatic heterocycles. The first-order valence-corrected chi connectivity index (χ1v) is 7.76. The Morgan fingerprint density at radius 1 is 1.23 bits per heavy atom. The highest BCUT2D eigenvalue weighted by Crippen LogP contribution is 2.28. The van der Waals surface area contributed by atoms with Crippen molar-refractivity contribution in [3.05, 3.63) is 36.4 Å². The molecule has 124 valence electrons. The standard InChI is InChI=1S/C17H28N2O3/c1-4-10-22-16-7-6-15(11-17(16)21-5-2)13-19-9-8-18-12-14(3)20/h4,6-7,11,14,18-20H,1,5,8-10,12-13H2,2-3H3/t14-/m0/s1. The summed E-state index contributed by atoms with van der Waals surface area (Å²) in [5.74, 6) is 1.50. The molecule has 0 saturated carbocycles. The second-order valence-corrected chi connectivity index (χ2v) is 5.04. The van der Waals surface area contributed by atoms with Crippen LogP contribution in [0.15, 0.2) is 30.9 Å². The summed E-state index contributed by atoms with van der Waals surface area (Å²) in [6.07, 6.45) is 1.41. The molecule has 0 aliphatic carbocycles. The maximum Gasteiger partial charge on any atom is 0.161 e. The first kappa shape index (κ1) is 18.5. The van der Waals surface area contributed by atoms with Crippen LogP contribution in [0.3, 0.4) is 0 Å². The second kappa shape index (κ2) is 11.1. The van der Waals surface area contributed by atoms with Crippen LogP contribution in [0.4, 0.5) is 0 Å². The summed E-state index contributed by atoms with van der Waals surface area (Å²) in [5, 5.41) is 15.7. The van der Waals surface area contributed by atoms with Gasteiger partial charge in [0.25, 0.3) is 0 Å². The van der Waals surface area contributed by atoms with Crippen molar-refractivity contribution in [3.8, 4) is 11.5 Å². The van der Waals surface area contributed by atoms with Crippen LogP contribution in [0.5, 0.6) is 11.5 Å². The van der Waals surface area contributed by atoms with Gasteiger partial charge in [0.2, 0.25) is 0 Å². The average molecular weight is 308 g/mol. The molecule has 5 nitrogen and oxygen atoms in total. The van der Waals surface area contributed by atoms with E-state index in [0.717, 1.165) is 36.7 Å². The molecular formula is C17H28N2O3. The zero-order valence-electron chi connectivity index (χ0n) is 13.6. The van der Waals surface area contributed by atoms with Crippen LogP contribution in [0.2, 0.25) is 0 Å². The lowest BCUT2D eigenvalue weighted by Crippen LogP contribution is -2.31. The van der Waals surface area contributed by atoms with Crippen molar-refractivity contribution in [1.82, 2.24) is 10.6 Å². The van der Waals surface area contributed by atoms with Crippen molar-refractivity contribution in [2.75, 3.05) is 32.8 Å². The molecule has 5 heteroatoms. The number of nitrogens with one attached hydrogen (secondary N) is 2. The lowest BCUT2D eigenvalue weighted by Gasteiger charge is -2.13. The van der Waals surface area contributed by atoms with Gasteiger partial charge >= 0.3 is 0 Å². The molecule has 0 unspecified atom stereocenters. The van der Waals surface area contributed by atoms with E-state index in [0.29, 0.717) is 19.8 Å². The van der Waals surface area contributed by atoms with Crippen LogP contribution in [-0.2, 0) is 6.54 Å². The number of hydrogen-bond donors (Lipinski definition) is 3. The second-order valence-electron chi connectivity index (χ2n) is 5.04. The maximum atomic E-state index is 9.14. The third kappa shape index (κ3) is 7.45. The molecule has 1 rings (SSSR count). The highest BCUT2D eigenvalue weighted by molar-refractivity contribution is 5.43. The van der Waals surface area contributed by atoms with Gasteiger partial charge < -0.3 is 25.2 Å². The molecule has 0 bridgehead atoms. The van der Waals surface area contributed by atoms with Crippen molar-refractivity contribution in [1.29, 1.82) is 0 Å². The molecule has 0 saturated heterocycles. The molecule has 0 aromatic heterocycles. The molecule has 22 heavy (non-hydrogen) atoms. The number of ether oxygens (including phenoxy) is 2.